The smallest absolute Gasteiger partial charge is 0.255 e. The standard InChI is InChI=1S/C48H47ClN6O3/c1-31-32(2)55(52-46(31)39-19-20-40(26-50)43(49)25-39)29-38-14-9-34(10-15-38)6-5-33-7-12-37(13-8-33)28-53-23-3-4-36(27-53)16-11-35-17-18-41-30-54(48(58)42(41)24-35)44-21-22-45(56)51-47(44)57/h9-10,14-15,17-20,24-25,33,36-37,44H,3-4,7-8,12-13,21-23,27-30H2,1-2H3,(H,51,56,57). The van der Waals surface area contributed by atoms with Gasteiger partial charge in [0.15, 0.2) is 0 Å². The molecule has 0 spiro atoms. The largest absolute Gasteiger partial charge is 0.322 e. The Hall–Kier alpha value is -5.66. The molecule has 0 bridgehead atoms. The van der Waals surface area contributed by atoms with Gasteiger partial charge in [0.2, 0.25) is 11.8 Å². The Morgan fingerprint density at radius 1 is 0.879 bits per heavy atom. The molecule has 9 nitrogen and oxygen atoms in total. The van der Waals surface area contributed by atoms with Gasteiger partial charge in [0.25, 0.3) is 5.91 Å². The van der Waals surface area contributed by atoms with Crippen molar-refractivity contribution in [3.05, 3.63) is 110 Å². The molecule has 3 amide bonds. The molecule has 1 saturated carbocycles. The van der Waals surface area contributed by atoms with E-state index >= 15 is 0 Å². The zero-order valence-electron chi connectivity index (χ0n) is 33.1. The first-order chi connectivity index (χ1) is 28.1. The van der Waals surface area contributed by atoms with Gasteiger partial charge in [-0.2, -0.15) is 10.4 Å². The van der Waals surface area contributed by atoms with Crippen LogP contribution in [0.5, 0.6) is 0 Å². The number of halogens is 1. The van der Waals surface area contributed by atoms with Crippen LogP contribution in [0.1, 0.15) is 101 Å². The van der Waals surface area contributed by atoms with E-state index in [0.717, 1.165) is 90.1 Å². The maximum Gasteiger partial charge on any atom is 0.255 e. The monoisotopic (exact) mass is 790 g/mol. The zero-order chi connectivity index (χ0) is 40.3. The molecule has 1 aromatic heterocycles. The van der Waals surface area contributed by atoms with Crippen LogP contribution in [0.4, 0.5) is 0 Å². The number of amides is 3. The van der Waals surface area contributed by atoms with Crippen molar-refractivity contribution in [1.82, 2.24) is 24.9 Å². The Kier molecular flexibility index (Phi) is 11.5. The first-order valence-corrected chi connectivity index (χ1v) is 20.9. The van der Waals surface area contributed by atoms with Crippen LogP contribution >= 0.6 is 11.6 Å². The van der Waals surface area contributed by atoms with E-state index in [4.69, 9.17) is 16.7 Å². The van der Waals surface area contributed by atoms with Crippen molar-refractivity contribution in [3.63, 3.8) is 0 Å². The molecular weight excluding hydrogens is 744 g/mol. The number of likely N-dealkylation sites (tertiary alicyclic amines) is 1. The van der Waals surface area contributed by atoms with Gasteiger partial charge in [0.1, 0.15) is 12.1 Å². The highest BCUT2D eigenvalue weighted by molar-refractivity contribution is 6.32. The predicted molar refractivity (Wildman–Crippen MR) is 223 cm³/mol. The Balaban J connectivity index is 0.799. The second-order valence-corrected chi connectivity index (χ2v) is 16.8. The van der Waals surface area contributed by atoms with E-state index in [1.165, 1.54) is 12.8 Å². The highest BCUT2D eigenvalue weighted by atomic mass is 35.5. The summed E-state index contributed by atoms with van der Waals surface area (Å²) < 4.78 is 2.02. The van der Waals surface area contributed by atoms with Crippen LogP contribution in [-0.4, -0.2) is 63.0 Å². The Morgan fingerprint density at radius 3 is 2.40 bits per heavy atom. The summed E-state index contributed by atoms with van der Waals surface area (Å²) in [6.07, 6.45) is 7.49. The van der Waals surface area contributed by atoms with E-state index < -0.39 is 11.9 Å². The molecule has 10 heteroatoms. The lowest BCUT2D eigenvalue weighted by atomic mass is 9.81. The summed E-state index contributed by atoms with van der Waals surface area (Å²) in [6, 6.07) is 21.2. The third-order valence-corrected chi connectivity index (χ3v) is 12.7. The maximum absolute atomic E-state index is 13.3. The van der Waals surface area contributed by atoms with Crippen molar-refractivity contribution in [2.45, 2.75) is 84.3 Å². The van der Waals surface area contributed by atoms with Crippen molar-refractivity contribution in [2.75, 3.05) is 19.6 Å². The molecule has 2 saturated heterocycles. The van der Waals surface area contributed by atoms with E-state index in [2.05, 4.69) is 78.1 Å². The quantitative estimate of drug-likeness (QED) is 0.161. The number of hydrogen-bond donors (Lipinski definition) is 1. The molecule has 4 aromatic rings. The summed E-state index contributed by atoms with van der Waals surface area (Å²) in [5, 5.41) is 16.9. The summed E-state index contributed by atoms with van der Waals surface area (Å²) >= 11 is 6.31. The van der Waals surface area contributed by atoms with E-state index in [0.29, 0.717) is 53.4 Å². The maximum atomic E-state index is 13.3. The molecule has 0 radical (unpaired) electrons. The third-order valence-electron chi connectivity index (χ3n) is 12.4. The van der Waals surface area contributed by atoms with Crippen LogP contribution < -0.4 is 5.32 Å². The lowest BCUT2D eigenvalue weighted by Gasteiger charge is -2.35. The number of nitriles is 1. The summed E-state index contributed by atoms with van der Waals surface area (Å²) in [5.74, 6) is 14.5. The van der Waals surface area contributed by atoms with Crippen LogP contribution in [0.2, 0.25) is 5.02 Å². The second kappa shape index (κ2) is 17.1. The molecule has 4 heterocycles. The van der Waals surface area contributed by atoms with Gasteiger partial charge in [-0.3, -0.25) is 24.4 Å². The Morgan fingerprint density at radius 2 is 1.64 bits per heavy atom. The number of carbonyl (C=O) groups is 3. The molecule has 3 aliphatic heterocycles. The fourth-order valence-electron chi connectivity index (χ4n) is 8.88. The van der Waals surface area contributed by atoms with Crippen molar-refractivity contribution in [3.8, 4) is 41.0 Å². The molecule has 2 unspecified atom stereocenters. The number of nitrogens with one attached hydrogen (secondary N) is 1. The minimum Gasteiger partial charge on any atom is -0.322 e. The first-order valence-electron chi connectivity index (χ1n) is 20.5. The molecule has 3 fully saturated rings. The third kappa shape index (κ3) is 8.60. The van der Waals surface area contributed by atoms with E-state index in [1.54, 1.807) is 11.0 Å². The zero-order valence-corrected chi connectivity index (χ0v) is 33.9. The number of piperidine rings is 2. The molecule has 3 aromatic carbocycles. The Bertz CT molecular complexity index is 2430. The summed E-state index contributed by atoms with van der Waals surface area (Å²) in [5.41, 5.74) is 8.96. The normalized spacial score (nSPS) is 22.0. The molecular formula is C48H47ClN6O3. The van der Waals surface area contributed by atoms with Crippen molar-refractivity contribution < 1.29 is 14.4 Å². The van der Waals surface area contributed by atoms with Gasteiger partial charge in [-0.1, -0.05) is 59.5 Å². The van der Waals surface area contributed by atoms with Crippen LogP contribution in [0.15, 0.2) is 60.7 Å². The molecule has 8 rings (SSSR count). The molecule has 2 atom stereocenters. The predicted octanol–water partition coefficient (Wildman–Crippen LogP) is 7.42. The molecule has 294 valence electrons. The van der Waals surface area contributed by atoms with Crippen LogP contribution in [0, 0.1) is 66.6 Å². The van der Waals surface area contributed by atoms with E-state index in [-0.39, 0.29) is 18.2 Å². The van der Waals surface area contributed by atoms with Crippen LogP contribution in [-0.2, 0) is 22.7 Å². The lowest BCUT2D eigenvalue weighted by Crippen LogP contribution is -2.52. The number of aromatic nitrogens is 2. The van der Waals surface area contributed by atoms with Gasteiger partial charge in [-0.05, 0) is 124 Å². The molecule has 58 heavy (non-hydrogen) atoms. The number of imide groups is 1. The number of nitrogens with zero attached hydrogens (tertiary/aromatic N) is 5. The van der Waals surface area contributed by atoms with Crippen molar-refractivity contribution in [1.29, 1.82) is 5.26 Å². The number of carbonyl (C=O) groups excluding carboxylic acids is 3. The van der Waals surface area contributed by atoms with Gasteiger partial charge < -0.3 is 9.80 Å². The number of rotatable bonds is 6. The van der Waals surface area contributed by atoms with Crippen LogP contribution in [0.25, 0.3) is 11.3 Å². The summed E-state index contributed by atoms with van der Waals surface area (Å²) in [7, 11) is 0. The lowest BCUT2D eigenvalue weighted by molar-refractivity contribution is -0.136. The number of hydrogen-bond acceptors (Lipinski definition) is 6. The van der Waals surface area contributed by atoms with Crippen molar-refractivity contribution in [2.24, 2.45) is 17.8 Å². The molecule has 1 aliphatic carbocycles. The van der Waals surface area contributed by atoms with Gasteiger partial charge >= 0.3 is 0 Å². The SMILES string of the molecule is Cc1c(-c2ccc(C#N)c(Cl)c2)nn(Cc2ccc(C#CC3CCC(CN4CCCC(C#Cc5ccc6c(c5)C(=O)N(C5CCC(=O)NC5=O)C6)C4)CC3)cc2)c1C. The fourth-order valence-corrected chi connectivity index (χ4v) is 9.10. The van der Waals surface area contributed by atoms with Gasteiger partial charge in [-0.15, -0.1) is 0 Å². The number of fused-ring (bicyclic) bond motifs is 1. The first kappa shape index (κ1) is 39.2. The molecule has 1 N–H and O–H groups in total. The van der Waals surface area contributed by atoms with E-state index in [9.17, 15) is 19.6 Å². The van der Waals surface area contributed by atoms with Crippen LogP contribution in [0.3, 0.4) is 0 Å². The minimum atomic E-state index is -0.610. The minimum absolute atomic E-state index is 0.164. The van der Waals surface area contributed by atoms with Crippen molar-refractivity contribution >= 4 is 29.3 Å². The van der Waals surface area contributed by atoms with Gasteiger partial charge in [0, 0.05) is 65.8 Å². The summed E-state index contributed by atoms with van der Waals surface area (Å²) in [4.78, 5) is 41.5. The summed E-state index contributed by atoms with van der Waals surface area (Å²) in [6.45, 7) is 8.39. The Labute approximate surface area is 345 Å². The fraction of sp³-hybridized carbons (Fsp3) is 0.396. The average Bonchev–Trinajstić information content (AvgIpc) is 3.70. The highest BCUT2D eigenvalue weighted by Crippen LogP contribution is 2.32. The van der Waals surface area contributed by atoms with Gasteiger partial charge in [-0.25, -0.2) is 0 Å². The highest BCUT2D eigenvalue weighted by Gasteiger charge is 2.39. The van der Waals surface area contributed by atoms with E-state index in [1.807, 2.05) is 35.0 Å². The average molecular weight is 791 g/mol. The number of benzene rings is 3. The topological polar surface area (TPSA) is 111 Å². The van der Waals surface area contributed by atoms with Gasteiger partial charge in [0.05, 0.1) is 22.8 Å². The second-order valence-electron chi connectivity index (χ2n) is 16.3. The molecule has 4 aliphatic rings.